The molecule has 0 radical (unpaired) electrons. The molecule has 1 N–H and O–H groups in total. The lowest BCUT2D eigenvalue weighted by Crippen LogP contribution is -2.19. The number of carbonyl (C=O) groups is 1. The van der Waals surface area contributed by atoms with E-state index < -0.39 is 0 Å². The number of carbonyl (C=O) groups excluding carboxylic acids is 1. The Hall–Kier alpha value is -1.64. The van der Waals surface area contributed by atoms with Crippen molar-refractivity contribution in [1.29, 1.82) is 0 Å². The third-order valence-electron chi connectivity index (χ3n) is 3.81. The minimum absolute atomic E-state index is 0.0589. The Morgan fingerprint density at radius 1 is 1.30 bits per heavy atom. The van der Waals surface area contributed by atoms with Crippen LogP contribution in [0.2, 0.25) is 0 Å². The molecule has 1 aromatic carbocycles. The molecule has 0 saturated heterocycles. The van der Waals surface area contributed by atoms with Crippen molar-refractivity contribution < 1.29 is 4.79 Å². The Morgan fingerprint density at radius 2 is 2.10 bits per heavy atom. The van der Waals surface area contributed by atoms with Gasteiger partial charge in [-0.2, -0.15) is 5.10 Å². The zero-order valence-electron chi connectivity index (χ0n) is 12.2. The summed E-state index contributed by atoms with van der Waals surface area (Å²) in [5.74, 6) is 0.550. The van der Waals surface area contributed by atoms with Gasteiger partial charge < -0.3 is 0 Å². The smallest absolute Gasteiger partial charge is 0.243 e. The molecule has 0 aromatic heterocycles. The molecular formula is C17H24N2O. The molecule has 3 heteroatoms. The van der Waals surface area contributed by atoms with Gasteiger partial charge in [0.25, 0.3) is 0 Å². The van der Waals surface area contributed by atoms with Crippen LogP contribution in [0.15, 0.2) is 35.4 Å². The number of hydrogen-bond donors (Lipinski definition) is 1. The van der Waals surface area contributed by atoms with Crippen LogP contribution in [-0.2, 0) is 4.79 Å². The van der Waals surface area contributed by atoms with Gasteiger partial charge in [-0.15, -0.1) is 0 Å². The number of benzene rings is 1. The summed E-state index contributed by atoms with van der Waals surface area (Å²) in [6, 6.07) is 10.2. The highest BCUT2D eigenvalue weighted by atomic mass is 16.2. The van der Waals surface area contributed by atoms with E-state index in [0.717, 1.165) is 19.3 Å². The topological polar surface area (TPSA) is 41.5 Å². The summed E-state index contributed by atoms with van der Waals surface area (Å²) in [6.45, 7) is 2.20. The van der Waals surface area contributed by atoms with E-state index in [-0.39, 0.29) is 11.8 Å². The molecule has 3 nitrogen and oxygen atoms in total. The van der Waals surface area contributed by atoms with E-state index in [9.17, 15) is 4.79 Å². The summed E-state index contributed by atoms with van der Waals surface area (Å²) in [7, 11) is 0. The van der Waals surface area contributed by atoms with Gasteiger partial charge in [0.05, 0.1) is 0 Å². The van der Waals surface area contributed by atoms with Gasteiger partial charge in [0.2, 0.25) is 5.91 Å². The first-order chi connectivity index (χ1) is 9.83. The Balaban J connectivity index is 1.63. The zero-order valence-corrected chi connectivity index (χ0v) is 12.2. The quantitative estimate of drug-likeness (QED) is 0.436. The van der Waals surface area contributed by atoms with Crippen molar-refractivity contribution in [1.82, 2.24) is 5.43 Å². The molecule has 2 rings (SSSR count). The highest BCUT2D eigenvalue weighted by molar-refractivity contribution is 5.83. The molecule has 108 valence electrons. The number of nitrogens with zero attached hydrogens (tertiary/aromatic N) is 1. The maximum atomic E-state index is 11.9. The largest absolute Gasteiger partial charge is 0.273 e. The average molecular weight is 272 g/mol. The first-order valence-electron chi connectivity index (χ1n) is 7.69. The van der Waals surface area contributed by atoms with E-state index in [1.807, 2.05) is 24.4 Å². The second kappa shape index (κ2) is 7.83. The Morgan fingerprint density at radius 3 is 2.85 bits per heavy atom. The van der Waals surface area contributed by atoms with Crippen LogP contribution in [0.25, 0.3) is 0 Å². The van der Waals surface area contributed by atoms with Crippen LogP contribution in [-0.4, -0.2) is 12.1 Å². The first-order valence-corrected chi connectivity index (χ1v) is 7.69. The molecule has 2 atom stereocenters. The van der Waals surface area contributed by atoms with Gasteiger partial charge >= 0.3 is 0 Å². The second-order valence-corrected chi connectivity index (χ2v) is 5.50. The lowest BCUT2D eigenvalue weighted by molar-refractivity contribution is -0.122. The van der Waals surface area contributed by atoms with Gasteiger partial charge in [0, 0.05) is 12.1 Å². The van der Waals surface area contributed by atoms with Gasteiger partial charge in [0.1, 0.15) is 0 Å². The first kappa shape index (κ1) is 14.8. The fourth-order valence-electron chi connectivity index (χ4n) is 2.47. The highest BCUT2D eigenvalue weighted by Crippen LogP contribution is 2.47. The van der Waals surface area contributed by atoms with Crippen LogP contribution < -0.4 is 5.43 Å². The summed E-state index contributed by atoms with van der Waals surface area (Å²) in [4.78, 5) is 11.9. The van der Waals surface area contributed by atoms with E-state index in [1.165, 1.54) is 24.8 Å². The summed E-state index contributed by atoms with van der Waals surface area (Å²) in [6.07, 6.45) is 8.65. The van der Waals surface area contributed by atoms with Crippen molar-refractivity contribution in [2.45, 2.75) is 51.4 Å². The van der Waals surface area contributed by atoms with E-state index in [2.05, 4.69) is 29.6 Å². The SMILES string of the molecule is CCCCCC/C=N\NC(=O)[C@H]1C[C@@H]1c1ccccc1. The fourth-order valence-corrected chi connectivity index (χ4v) is 2.47. The molecule has 1 aromatic rings. The van der Waals surface area contributed by atoms with Crippen LogP contribution in [0.1, 0.15) is 56.9 Å². The lowest BCUT2D eigenvalue weighted by Gasteiger charge is -2.00. The molecule has 1 aliphatic carbocycles. The Labute approximate surface area is 121 Å². The van der Waals surface area contributed by atoms with Crippen molar-refractivity contribution in [3.05, 3.63) is 35.9 Å². The number of unbranched alkanes of at least 4 members (excludes halogenated alkanes) is 4. The zero-order chi connectivity index (χ0) is 14.2. The number of nitrogens with one attached hydrogen (secondary N) is 1. The molecule has 0 heterocycles. The highest BCUT2D eigenvalue weighted by Gasteiger charge is 2.43. The van der Waals surface area contributed by atoms with Crippen LogP contribution in [0.5, 0.6) is 0 Å². The molecule has 0 spiro atoms. The minimum atomic E-state index is 0.0589. The standard InChI is InChI=1S/C17H24N2O/c1-2-3-4-5-9-12-18-19-17(20)16-13-15(16)14-10-7-6-8-11-14/h6-8,10-12,15-16H,2-5,9,13H2,1H3,(H,19,20)/b18-12-/t15-,16+/m1/s1. The minimum Gasteiger partial charge on any atom is -0.273 e. The molecular weight excluding hydrogens is 248 g/mol. The molecule has 1 aliphatic rings. The monoisotopic (exact) mass is 272 g/mol. The second-order valence-electron chi connectivity index (χ2n) is 5.50. The van der Waals surface area contributed by atoms with Crippen molar-refractivity contribution in [3.8, 4) is 0 Å². The van der Waals surface area contributed by atoms with Crippen LogP contribution in [0, 0.1) is 5.92 Å². The predicted octanol–water partition coefficient (Wildman–Crippen LogP) is 3.86. The van der Waals surface area contributed by atoms with Crippen molar-refractivity contribution in [2.24, 2.45) is 11.0 Å². The lowest BCUT2D eigenvalue weighted by atomic mass is 10.1. The number of rotatable bonds is 8. The van der Waals surface area contributed by atoms with Crippen LogP contribution in [0.3, 0.4) is 0 Å². The summed E-state index contributed by atoms with van der Waals surface area (Å²) < 4.78 is 0. The van der Waals surface area contributed by atoms with E-state index in [0.29, 0.717) is 5.92 Å². The van der Waals surface area contributed by atoms with E-state index >= 15 is 0 Å². The third kappa shape index (κ3) is 4.48. The predicted molar refractivity (Wildman–Crippen MR) is 82.7 cm³/mol. The molecule has 0 unspecified atom stereocenters. The molecule has 0 aliphatic heterocycles. The number of hydrazone groups is 1. The molecule has 1 saturated carbocycles. The Bertz CT molecular complexity index is 442. The van der Waals surface area contributed by atoms with Crippen LogP contribution in [0.4, 0.5) is 0 Å². The van der Waals surface area contributed by atoms with Crippen molar-refractivity contribution in [3.63, 3.8) is 0 Å². The number of amides is 1. The number of hydrogen-bond acceptors (Lipinski definition) is 2. The van der Waals surface area contributed by atoms with Gasteiger partial charge in [-0.05, 0) is 30.7 Å². The fraction of sp³-hybridized carbons (Fsp3) is 0.529. The van der Waals surface area contributed by atoms with Gasteiger partial charge in [0.15, 0.2) is 0 Å². The Kier molecular flexibility index (Phi) is 5.78. The molecule has 0 bridgehead atoms. The van der Waals surface area contributed by atoms with Crippen LogP contribution >= 0.6 is 0 Å². The maximum Gasteiger partial charge on any atom is 0.243 e. The third-order valence-corrected chi connectivity index (χ3v) is 3.81. The van der Waals surface area contributed by atoms with E-state index in [1.54, 1.807) is 0 Å². The molecule has 1 fully saturated rings. The summed E-state index contributed by atoms with van der Waals surface area (Å²) >= 11 is 0. The molecule has 20 heavy (non-hydrogen) atoms. The van der Waals surface area contributed by atoms with Gasteiger partial charge in [-0.25, -0.2) is 5.43 Å². The average Bonchev–Trinajstić information content (AvgIpc) is 3.27. The van der Waals surface area contributed by atoms with Gasteiger partial charge in [-0.1, -0.05) is 56.5 Å². The summed E-state index contributed by atoms with van der Waals surface area (Å²) in [5, 5.41) is 4.03. The molecule has 1 amide bonds. The van der Waals surface area contributed by atoms with Gasteiger partial charge in [-0.3, -0.25) is 4.79 Å². The van der Waals surface area contributed by atoms with Crippen molar-refractivity contribution >= 4 is 12.1 Å². The normalized spacial score (nSPS) is 21.1. The van der Waals surface area contributed by atoms with Crippen molar-refractivity contribution in [2.75, 3.05) is 0 Å². The summed E-state index contributed by atoms with van der Waals surface area (Å²) in [5.41, 5.74) is 3.93. The maximum absolute atomic E-state index is 11.9. The van der Waals surface area contributed by atoms with E-state index in [4.69, 9.17) is 0 Å².